The molecular weight excluding hydrogens is 512 g/mol. The van der Waals surface area contributed by atoms with E-state index in [0.717, 1.165) is 5.56 Å². The number of aliphatic hydroxyl groups is 1. The average molecular weight is 559 g/mol. The molecule has 1 aliphatic heterocycles. The number of amides is 2. The summed E-state index contributed by atoms with van der Waals surface area (Å²) in [6.45, 7) is 11.3. The van der Waals surface area contributed by atoms with Crippen LogP contribution in [0.25, 0.3) is 0 Å². The predicted molar refractivity (Wildman–Crippen MR) is 152 cm³/mol. The van der Waals surface area contributed by atoms with Gasteiger partial charge in [-0.05, 0) is 44.6 Å². The van der Waals surface area contributed by atoms with Crippen molar-refractivity contribution in [3.8, 4) is 0 Å². The van der Waals surface area contributed by atoms with Crippen LogP contribution in [-0.4, -0.2) is 65.2 Å². The topological polar surface area (TPSA) is 122 Å². The minimum atomic E-state index is -0.729. The first-order valence-corrected chi connectivity index (χ1v) is 14.0. The number of ether oxygens (including phenoxy) is 2. The number of carbonyl (C=O) groups is 4. The number of esters is 2. The van der Waals surface area contributed by atoms with Crippen molar-refractivity contribution in [3.05, 3.63) is 48.0 Å². The lowest BCUT2D eigenvalue weighted by Gasteiger charge is -2.33. The van der Waals surface area contributed by atoms with Crippen molar-refractivity contribution in [3.63, 3.8) is 0 Å². The smallest absolute Gasteiger partial charge is 0.309 e. The summed E-state index contributed by atoms with van der Waals surface area (Å²) < 4.78 is 11.0. The lowest BCUT2D eigenvalue weighted by Crippen LogP contribution is -2.50. The van der Waals surface area contributed by atoms with Gasteiger partial charge in [-0.2, -0.15) is 0 Å². The Labute approximate surface area is 238 Å². The first-order chi connectivity index (χ1) is 18.7. The second-order valence-corrected chi connectivity index (χ2v) is 12.4. The molecule has 1 heterocycles. The summed E-state index contributed by atoms with van der Waals surface area (Å²) in [5.41, 5.74) is -0.187. The van der Waals surface area contributed by atoms with Crippen LogP contribution in [0.2, 0.25) is 0 Å². The molecule has 9 heteroatoms. The van der Waals surface area contributed by atoms with Crippen LogP contribution >= 0.6 is 0 Å². The number of hydrogen-bond acceptors (Lipinski definition) is 7. The highest BCUT2D eigenvalue weighted by molar-refractivity contribution is 5.86. The Bertz CT molecular complexity index is 1020. The zero-order valence-electron chi connectivity index (χ0n) is 24.8. The summed E-state index contributed by atoms with van der Waals surface area (Å²) >= 11 is 0. The summed E-state index contributed by atoms with van der Waals surface area (Å²) in [6.07, 6.45) is 3.88. The van der Waals surface area contributed by atoms with Gasteiger partial charge in [0.05, 0.1) is 30.9 Å². The fourth-order valence-corrected chi connectivity index (χ4v) is 4.29. The van der Waals surface area contributed by atoms with Crippen LogP contribution in [0.5, 0.6) is 0 Å². The van der Waals surface area contributed by atoms with Crippen LogP contribution in [0.1, 0.15) is 72.8 Å². The third kappa shape index (κ3) is 11.5. The minimum Gasteiger partial charge on any atom is -0.463 e. The predicted octanol–water partition coefficient (Wildman–Crippen LogP) is 3.79. The van der Waals surface area contributed by atoms with Gasteiger partial charge in [-0.3, -0.25) is 19.2 Å². The molecule has 9 nitrogen and oxygen atoms in total. The normalized spacial score (nSPS) is 21.7. The lowest BCUT2D eigenvalue weighted by molar-refractivity contribution is -0.162. The van der Waals surface area contributed by atoms with E-state index in [0.29, 0.717) is 6.54 Å². The first kappa shape index (κ1) is 33.0. The Morgan fingerprint density at radius 1 is 1.00 bits per heavy atom. The highest BCUT2D eigenvalue weighted by Gasteiger charge is 2.33. The molecule has 3 atom stereocenters. The van der Waals surface area contributed by atoms with Crippen LogP contribution in [0.4, 0.5) is 0 Å². The molecule has 0 unspecified atom stereocenters. The van der Waals surface area contributed by atoms with Gasteiger partial charge in [0.25, 0.3) is 0 Å². The Balaban J connectivity index is 2.25. The molecule has 0 aromatic heterocycles. The number of carbonyl (C=O) groups excluding carboxylic acids is 4. The lowest BCUT2D eigenvalue weighted by atomic mass is 9.86. The molecule has 40 heavy (non-hydrogen) atoms. The van der Waals surface area contributed by atoms with Gasteiger partial charge >= 0.3 is 11.9 Å². The summed E-state index contributed by atoms with van der Waals surface area (Å²) in [7, 11) is 0. The number of allylic oxidation sites excluding steroid dienone is 2. The van der Waals surface area contributed by atoms with Crippen LogP contribution in [0, 0.1) is 17.3 Å². The van der Waals surface area contributed by atoms with E-state index in [1.807, 2.05) is 51.1 Å². The highest BCUT2D eigenvalue weighted by atomic mass is 16.6. The SMILES string of the molecule is CC(C)(C)OC(=O)C[C@@H]1C/C=C\C[C@H](CC(=O)N(CCO)Cc2ccccc2)C(=O)N[C@H](C(C)(C)C)COC1=O. The van der Waals surface area contributed by atoms with Crippen LogP contribution in [0.3, 0.4) is 0 Å². The zero-order chi connectivity index (χ0) is 29.9. The van der Waals surface area contributed by atoms with E-state index >= 15 is 0 Å². The zero-order valence-corrected chi connectivity index (χ0v) is 24.8. The van der Waals surface area contributed by atoms with Gasteiger partial charge in [-0.1, -0.05) is 63.3 Å². The third-order valence-electron chi connectivity index (χ3n) is 6.66. The van der Waals surface area contributed by atoms with E-state index in [1.165, 1.54) is 0 Å². The number of nitrogens with one attached hydrogen (secondary N) is 1. The molecule has 222 valence electrons. The molecule has 1 aromatic rings. The fourth-order valence-electron chi connectivity index (χ4n) is 4.29. The van der Waals surface area contributed by atoms with Crippen LogP contribution in [-0.2, 0) is 35.2 Å². The number of cyclic esters (lactones) is 1. The van der Waals surface area contributed by atoms with Gasteiger partial charge in [0.1, 0.15) is 12.2 Å². The van der Waals surface area contributed by atoms with Crippen molar-refractivity contribution in [2.24, 2.45) is 17.3 Å². The standard InChI is InChI=1S/C31H46N2O7/c1-30(2,3)25-21-39-29(38)24(19-27(36)40-31(4,5)6)15-11-10-14-23(28(37)32-25)18-26(35)33(16-17-34)20-22-12-8-7-9-13-22/h7-13,23-25,34H,14-21H2,1-6H3,(H,32,37)/b11-10-/t23-,24+,25+/m1/s1. The Morgan fingerprint density at radius 2 is 1.62 bits per heavy atom. The molecular formula is C31H46N2O7. The second kappa shape index (κ2) is 15.0. The summed E-state index contributed by atoms with van der Waals surface area (Å²) in [4.78, 5) is 53.7. The van der Waals surface area contributed by atoms with Gasteiger partial charge < -0.3 is 24.8 Å². The molecule has 2 N–H and O–H groups in total. The Kier molecular flexibility index (Phi) is 12.4. The number of aliphatic hydroxyl groups excluding tert-OH is 1. The van der Waals surface area contributed by atoms with Crippen molar-refractivity contribution in [1.82, 2.24) is 10.2 Å². The number of hydrogen-bond donors (Lipinski definition) is 2. The van der Waals surface area contributed by atoms with E-state index < -0.39 is 40.8 Å². The molecule has 0 spiro atoms. The summed E-state index contributed by atoms with van der Waals surface area (Å²) in [5.74, 6) is -2.94. The minimum absolute atomic E-state index is 0.0407. The van der Waals surface area contributed by atoms with E-state index in [4.69, 9.17) is 9.47 Å². The maximum absolute atomic E-state index is 13.4. The summed E-state index contributed by atoms with van der Waals surface area (Å²) in [6, 6.07) is 8.97. The number of nitrogens with zero attached hydrogens (tertiary/aromatic N) is 1. The third-order valence-corrected chi connectivity index (χ3v) is 6.66. The fraction of sp³-hybridized carbons (Fsp3) is 0.613. The van der Waals surface area contributed by atoms with E-state index in [2.05, 4.69) is 5.32 Å². The van der Waals surface area contributed by atoms with E-state index in [9.17, 15) is 24.3 Å². The van der Waals surface area contributed by atoms with Gasteiger partial charge in [0.15, 0.2) is 0 Å². The Morgan fingerprint density at radius 3 is 2.20 bits per heavy atom. The van der Waals surface area contributed by atoms with E-state index in [1.54, 1.807) is 37.8 Å². The van der Waals surface area contributed by atoms with Crippen molar-refractivity contribution in [2.45, 2.75) is 85.4 Å². The first-order valence-electron chi connectivity index (χ1n) is 14.0. The summed E-state index contributed by atoms with van der Waals surface area (Å²) in [5, 5.41) is 12.6. The number of benzene rings is 1. The molecule has 2 rings (SSSR count). The monoisotopic (exact) mass is 558 g/mol. The Hall–Kier alpha value is -3.20. The van der Waals surface area contributed by atoms with Crippen molar-refractivity contribution >= 4 is 23.8 Å². The van der Waals surface area contributed by atoms with Gasteiger partial charge in [0.2, 0.25) is 11.8 Å². The quantitative estimate of drug-likeness (QED) is 0.368. The van der Waals surface area contributed by atoms with Gasteiger partial charge in [-0.25, -0.2) is 0 Å². The molecule has 0 saturated carbocycles. The van der Waals surface area contributed by atoms with Crippen LogP contribution in [0.15, 0.2) is 42.5 Å². The van der Waals surface area contributed by atoms with Crippen molar-refractivity contribution in [2.75, 3.05) is 19.8 Å². The maximum atomic E-state index is 13.4. The molecule has 1 aliphatic rings. The van der Waals surface area contributed by atoms with Crippen molar-refractivity contribution < 1.29 is 33.8 Å². The number of rotatable bonds is 8. The largest absolute Gasteiger partial charge is 0.463 e. The second-order valence-electron chi connectivity index (χ2n) is 12.4. The highest BCUT2D eigenvalue weighted by Crippen LogP contribution is 2.24. The molecule has 1 aromatic carbocycles. The van der Waals surface area contributed by atoms with E-state index in [-0.39, 0.29) is 57.3 Å². The van der Waals surface area contributed by atoms with Gasteiger partial charge in [0, 0.05) is 19.5 Å². The van der Waals surface area contributed by atoms with Crippen molar-refractivity contribution in [1.29, 1.82) is 0 Å². The van der Waals surface area contributed by atoms with Crippen LogP contribution < -0.4 is 5.32 Å². The molecule has 0 saturated heterocycles. The average Bonchev–Trinajstić information content (AvgIpc) is 2.85. The maximum Gasteiger partial charge on any atom is 0.309 e. The molecule has 0 aliphatic carbocycles. The molecule has 0 radical (unpaired) electrons. The molecule has 2 amide bonds. The van der Waals surface area contributed by atoms with Gasteiger partial charge in [-0.15, -0.1) is 0 Å². The molecule has 0 bridgehead atoms. The molecule has 0 fully saturated rings.